The molecule has 0 bridgehead atoms. The number of nitrogens with zero attached hydrogens (tertiary/aromatic N) is 4. The Kier molecular flexibility index (Phi) is 7.50. The Hall–Kier alpha value is -4.35. The molecular formula is C29H30F3N5O4. The Morgan fingerprint density at radius 3 is 2.17 bits per heavy atom. The average molecular weight is 570 g/mol. The summed E-state index contributed by atoms with van der Waals surface area (Å²) >= 11 is 0. The van der Waals surface area contributed by atoms with E-state index >= 15 is 0 Å². The van der Waals surface area contributed by atoms with E-state index in [1.807, 2.05) is 0 Å². The van der Waals surface area contributed by atoms with Gasteiger partial charge in [0.15, 0.2) is 0 Å². The molecule has 5 rings (SSSR count). The first-order valence-corrected chi connectivity index (χ1v) is 13.4. The fraction of sp³-hybridized carbons (Fsp3) is 0.379. The van der Waals surface area contributed by atoms with Crippen LogP contribution in [0, 0.1) is 0 Å². The van der Waals surface area contributed by atoms with Gasteiger partial charge in [0.25, 0.3) is 5.91 Å². The number of halogens is 3. The summed E-state index contributed by atoms with van der Waals surface area (Å²) in [5, 5.41) is 2.60. The number of nitrogens with one attached hydrogen (secondary N) is 1. The lowest BCUT2D eigenvalue weighted by Gasteiger charge is -2.38. The molecule has 0 radical (unpaired) electrons. The van der Waals surface area contributed by atoms with Gasteiger partial charge in [0.2, 0.25) is 11.8 Å². The first-order chi connectivity index (χ1) is 19.5. The number of carbonyl (C=O) groups excluding carboxylic acids is 4. The number of rotatable bonds is 5. The van der Waals surface area contributed by atoms with Crippen LogP contribution in [-0.4, -0.2) is 82.6 Å². The summed E-state index contributed by atoms with van der Waals surface area (Å²) in [5.41, 5.74) is -0.368. The SMILES string of the molecule is CCN1C(=O)N[C@H](c2ccccc2C(F)(F)F)C2=C1CN([C@H](C(=O)N1CCN(C(C)=O)CC1)c1ccccc1)C2=O. The second-order valence-electron chi connectivity index (χ2n) is 10.1. The third-order valence-corrected chi connectivity index (χ3v) is 7.84. The van der Waals surface area contributed by atoms with Crippen LogP contribution in [-0.2, 0) is 20.6 Å². The zero-order valence-corrected chi connectivity index (χ0v) is 22.6. The second-order valence-corrected chi connectivity index (χ2v) is 10.1. The monoisotopic (exact) mass is 569 g/mol. The lowest BCUT2D eigenvalue weighted by atomic mass is 9.91. The summed E-state index contributed by atoms with van der Waals surface area (Å²) in [6, 6.07) is 10.5. The summed E-state index contributed by atoms with van der Waals surface area (Å²) in [5.74, 6) is -1.07. The molecule has 2 aromatic rings. The highest BCUT2D eigenvalue weighted by Crippen LogP contribution is 2.43. The second kappa shape index (κ2) is 10.9. The van der Waals surface area contributed by atoms with E-state index in [1.165, 1.54) is 34.9 Å². The lowest BCUT2D eigenvalue weighted by molar-refractivity contribution is -0.146. The maximum Gasteiger partial charge on any atom is 0.416 e. The van der Waals surface area contributed by atoms with E-state index in [1.54, 1.807) is 47.1 Å². The molecule has 216 valence electrons. The zero-order valence-electron chi connectivity index (χ0n) is 22.6. The molecule has 0 unspecified atom stereocenters. The van der Waals surface area contributed by atoms with E-state index in [9.17, 15) is 32.3 Å². The quantitative estimate of drug-likeness (QED) is 0.598. The van der Waals surface area contributed by atoms with Gasteiger partial charge < -0.3 is 20.0 Å². The number of likely N-dealkylation sites (N-methyl/N-ethyl adjacent to an activating group) is 1. The normalized spacial score (nSPS) is 20.3. The third kappa shape index (κ3) is 5.14. The minimum atomic E-state index is -4.71. The molecule has 3 aliphatic heterocycles. The van der Waals surface area contributed by atoms with E-state index in [2.05, 4.69) is 5.32 Å². The van der Waals surface area contributed by atoms with E-state index in [0.29, 0.717) is 18.7 Å². The largest absolute Gasteiger partial charge is 0.416 e. The van der Waals surface area contributed by atoms with Gasteiger partial charge in [-0.15, -0.1) is 0 Å². The van der Waals surface area contributed by atoms with Crippen molar-refractivity contribution in [1.29, 1.82) is 0 Å². The van der Waals surface area contributed by atoms with Gasteiger partial charge in [-0.2, -0.15) is 13.2 Å². The summed E-state index contributed by atoms with van der Waals surface area (Å²) in [6.07, 6.45) is -4.71. The van der Waals surface area contributed by atoms with Gasteiger partial charge in [-0.3, -0.25) is 19.3 Å². The molecule has 1 N–H and O–H groups in total. The highest BCUT2D eigenvalue weighted by molar-refractivity contribution is 6.04. The molecule has 41 heavy (non-hydrogen) atoms. The average Bonchev–Trinajstić information content (AvgIpc) is 3.29. The molecule has 0 aliphatic carbocycles. The number of hydrogen-bond acceptors (Lipinski definition) is 4. The number of urea groups is 1. The van der Waals surface area contributed by atoms with Gasteiger partial charge in [0.1, 0.15) is 6.04 Å². The van der Waals surface area contributed by atoms with Crippen molar-refractivity contribution >= 4 is 23.8 Å². The van der Waals surface area contributed by atoms with Crippen LogP contribution >= 0.6 is 0 Å². The number of amides is 5. The van der Waals surface area contributed by atoms with Crippen molar-refractivity contribution in [3.63, 3.8) is 0 Å². The molecule has 0 saturated carbocycles. The van der Waals surface area contributed by atoms with Crippen molar-refractivity contribution in [2.24, 2.45) is 0 Å². The summed E-state index contributed by atoms with van der Waals surface area (Å²) in [4.78, 5) is 59.0. The predicted octanol–water partition coefficient (Wildman–Crippen LogP) is 3.32. The van der Waals surface area contributed by atoms with Crippen LogP contribution in [0.25, 0.3) is 0 Å². The van der Waals surface area contributed by atoms with E-state index in [4.69, 9.17) is 0 Å². The first-order valence-electron chi connectivity index (χ1n) is 13.4. The number of hydrogen-bond donors (Lipinski definition) is 1. The summed E-state index contributed by atoms with van der Waals surface area (Å²) in [6.45, 7) is 4.48. The summed E-state index contributed by atoms with van der Waals surface area (Å²) < 4.78 is 42.0. The van der Waals surface area contributed by atoms with Crippen LogP contribution in [0.5, 0.6) is 0 Å². The van der Waals surface area contributed by atoms with Gasteiger partial charge in [-0.05, 0) is 24.1 Å². The molecule has 1 fully saturated rings. The van der Waals surface area contributed by atoms with Crippen molar-refractivity contribution in [2.75, 3.05) is 39.3 Å². The standard InChI is InChI=1S/C29H30F3N5O4/c1-3-36-22-17-37(25(19-9-5-4-6-10-19)27(40)35-15-13-34(14-16-35)18(2)38)26(39)23(22)24(33-28(36)41)20-11-7-8-12-21(20)29(30,31)32/h4-12,24-25H,3,13-17H2,1-2H3,(H,33,41)/t24-,25+/m1/s1. The maximum absolute atomic E-state index is 14.2. The van der Waals surface area contributed by atoms with E-state index < -0.39 is 35.8 Å². The van der Waals surface area contributed by atoms with Gasteiger partial charge in [-0.25, -0.2) is 4.79 Å². The molecule has 9 nitrogen and oxygen atoms in total. The van der Waals surface area contributed by atoms with Crippen LogP contribution in [0.3, 0.4) is 0 Å². The van der Waals surface area contributed by atoms with Crippen LogP contribution in [0.1, 0.15) is 42.6 Å². The van der Waals surface area contributed by atoms with Crippen molar-refractivity contribution in [2.45, 2.75) is 32.1 Å². The van der Waals surface area contributed by atoms with Crippen LogP contribution in [0.2, 0.25) is 0 Å². The number of benzene rings is 2. The number of carbonyl (C=O) groups is 4. The van der Waals surface area contributed by atoms with Gasteiger partial charge in [0, 0.05) is 39.6 Å². The van der Waals surface area contributed by atoms with Crippen molar-refractivity contribution in [3.8, 4) is 0 Å². The molecule has 2 aromatic carbocycles. The number of alkyl halides is 3. The minimum Gasteiger partial charge on any atom is -0.339 e. The Bertz CT molecular complexity index is 1400. The Morgan fingerprint density at radius 2 is 1.56 bits per heavy atom. The summed E-state index contributed by atoms with van der Waals surface area (Å²) in [7, 11) is 0. The molecule has 3 heterocycles. The number of piperazine rings is 1. The molecule has 0 aromatic heterocycles. The first kappa shape index (κ1) is 28.2. The van der Waals surface area contributed by atoms with Crippen LogP contribution < -0.4 is 5.32 Å². The molecular weight excluding hydrogens is 539 g/mol. The molecule has 1 saturated heterocycles. The molecule has 5 amide bonds. The molecule has 12 heteroatoms. The van der Waals surface area contributed by atoms with Crippen molar-refractivity contribution < 1.29 is 32.3 Å². The van der Waals surface area contributed by atoms with Crippen molar-refractivity contribution in [3.05, 3.63) is 82.6 Å². The molecule has 2 atom stereocenters. The smallest absolute Gasteiger partial charge is 0.339 e. The third-order valence-electron chi connectivity index (χ3n) is 7.84. The predicted molar refractivity (Wildman–Crippen MR) is 142 cm³/mol. The Morgan fingerprint density at radius 1 is 0.951 bits per heavy atom. The van der Waals surface area contributed by atoms with E-state index in [0.717, 1.165) is 6.07 Å². The highest BCUT2D eigenvalue weighted by Gasteiger charge is 2.49. The Balaban J connectivity index is 1.55. The minimum absolute atomic E-state index is 0.0123. The van der Waals surface area contributed by atoms with Gasteiger partial charge in [0.05, 0.1) is 29.4 Å². The maximum atomic E-state index is 14.2. The van der Waals surface area contributed by atoms with Gasteiger partial charge >= 0.3 is 12.2 Å². The van der Waals surface area contributed by atoms with Crippen LogP contribution in [0.15, 0.2) is 65.9 Å². The molecule has 3 aliphatic rings. The fourth-order valence-corrected chi connectivity index (χ4v) is 5.80. The zero-order chi connectivity index (χ0) is 29.5. The van der Waals surface area contributed by atoms with Gasteiger partial charge in [-0.1, -0.05) is 48.5 Å². The Labute approximate surface area is 235 Å². The van der Waals surface area contributed by atoms with Crippen molar-refractivity contribution in [1.82, 2.24) is 24.9 Å². The lowest BCUT2D eigenvalue weighted by Crippen LogP contribution is -2.53. The topological polar surface area (TPSA) is 93.3 Å². The molecule has 0 spiro atoms. The van der Waals surface area contributed by atoms with Crippen LogP contribution in [0.4, 0.5) is 18.0 Å². The van der Waals surface area contributed by atoms with E-state index in [-0.39, 0.29) is 54.8 Å². The fourth-order valence-electron chi connectivity index (χ4n) is 5.80. The highest BCUT2D eigenvalue weighted by atomic mass is 19.4.